The standard InChI is InChI=1S/C10H20N2O2/c1-8(2)7-10(13)12-5-3-9(14-11)4-6-12/h8-9H,3-7,11H2,1-2H3. The zero-order valence-electron chi connectivity index (χ0n) is 9.03. The van der Waals surface area contributed by atoms with Crippen LogP contribution in [-0.4, -0.2) is 30.0 Å². The SMILES string of the molecule is CC(C)CC(=O)N1CCC(ON)CC1. The number of piperidine rings is 1. The summed E-state index contributed by atoms with van der Waals surface area (Å²) in [5.74, 6) is 5.80. The van der Waals surface area contributed by atoms with Crippen molar-refractivity contribution in [3.05, 3.63) is 0 Å². The van der Waals surface area contributed by atoms with Crippen molar-refractivity contribution in [2.24, 2.45) is 11.8 Å². The maximum absolute atomic E-state index is 11.7. The van der Waals surface area contributed by atoms with Crippen molar-refractivity contribution in [1.29, 1.82) is 0 Å². The first kappa shape index (κ1) is 11.5. The van der Waals surface area contributed by atoms with E-state index in [1.54, 1.807) is 0 Å². The molecule has 82 valence electrons. The highest BCUT2D eigenvalue weighted by Crippen LogP contribution is 2.14. The van der Waals surface area contributed by atoms with Crippen LogP contribution in [0.4, 0.5) is 0 Å². The molecule has 0 saturated carbocycles. The molecule has 0 aromatic rings. The Balaban J connectivity index is 2.30. The molecule has 1 rings (SSSR count). The number of rotatable bonds is 3. The predicted molar refractivity (Wildman–Crippen MR) is 54.3 cm³/mol. The Morgan fingerprint density at radius 1 is 1.50 bits per heavy atom. The number of likely N-dealkylation sites (tertiary alicyclic amines) is 1. The van der Waals surface area contributed by atoms with Gasteiger partial charge in [-0.1, -0.05) is 13.8 Å². The Bertz CT molecular complexity index is 187. The van der Waals surface area contributed by atoms with Gasteiger partial charge < -0.3 is 9.74 Å². The van der Waals surface area contributed by atoms with Gasteiger partial charge in [-0.05, 0) is 18.8 Å². The van der Waals surface area contributed by atoms with Crippen LogP contribution in [0.15, 0.2) is 0 Å². The van der Waals surface area contributed by atoms with Crippen molar-refractivity contribution in [2.75, 3.05) is 13.1 Å². The zero-order valence-corrected chi connectivity index (χ0v) is 9.03. The third-order valence-electron chi connectivity index (χ3n) is 2.57. The van der Waals surface area contributed by atoms with Crippen LogP contribution in [0.25, 0.3) is 0 Å². The quantitative estimate of drug-likeness (QED) is 0.689. The monoisotopic (exact) mass is 200 g/mol. The van der Waals surface area contributed by atoms with Gasteiger partial charge in [-0.2, -0.15) is 0 Å². The topological polar surface area (TPSA) is 55.6 Å². The fourth-order valence-corrected chi connectivity index (χ4v) is 1.72. The molecule has 4 heteroatoms. The molecule has 14 heavy (non-hydrogen) atoms. The average Bonchev–Trinajstić information content (AvgIpc) is 2.17. The van der Waals surface area contributed by atoms with Crippen molar-refractivity contribution in [3.63, 3.8) is 0 Å². The van der Waals surface area contributed by atoms with Crippen LogP contribution < -0.4 is 5.90 Å². The van der Waals surface area contributed by atoms with Crippen LogP contribution >= 0.6 is 0 Å². The van der Waals surface area contributed by atoms with Crippen LogP contribution in [0.5, 0.6) is 0 Å². The van der Waals surface area contributed by atoms with Gasteiger partial charge in [0.1, 0.15) is 0 Å². The number of amides is 1. The van der Waals surface area contributed by atoms with Crippen LogP contribution in [0.1, 0.15) is 33.1 Å². The lowest BCUT2D eigenvalue weighted by atomic mass is 10.1. The molecule has 0 aliphatic carbocycles. The highest BCUT2D eigenvalue weighted by Gasteiger charge is 2.22. The molecule has 1 saturated heterocycles. The largest absolute Gasteiger partial charge is 0.342 e. The number of nitrogens with zero attached hydrogens (tertiary/aromatic N) is 1. The van der Waals surface area contributed by atoms with Crippen molar-refractivity contribution in [1.82, 2.24) is 4.90 Å². The van der Waals surface area contributed by atoms with E-state index in [1.165, 1.54) is 0 Å². The van der Waals surface area contributed by atoms with Gasteiger partial charge in [-0.25, -0.2) is 5.90 Å². The molecule has 0 spiro atoms. The van der Waals surface area contributed by atoms with Gasteiger partial charge in [0, 0.05) is 19.5 Å². The van der Waals surface area contributed by atoms with Crippen LogP contribution in [0.3, 0.4) is 0 Å². The Morgan fingerprint density at radius 2 is 2.07 bits per heavy atom. The second-order valence-electron chi connectivity index (χ2n) is 4.31. The summed E-state index contributed by atoms with van der Waals surface area (Å²) in [7, 11) is 0. The highest BCUT2D eigenvalue weighted by atomic mass is 16.6. The molecule has 1 aliphatic rings. The minimum absolute atomic E-state index is 0.137. The lowest BCUT2D eigenvalue weighted by Gasteiger charge is -2.31. The Labute approximate surface area is 85.3 Å². The molecule has 0 atom stereocenters. The van der Waals surface area contributed by atoms with Gasteiger partial charge in [-0.3, -0.25) is 4.79 Å². The molecule has 1 fully saturated rings. The third kappa shape index (κ3) is 3.27. The molecule has 1 heterocycles. The number of hydrogen-bond donors (Lipinski definition) is 1. The van der Waals surface area contributed by atoms with E-state index < -0.39 is 0 Å². The van der Waals surface area contributed by atoms with E-state index in [2.05, 4.69) is 13.8 Å². The molecule has 1 amide bonds. The summed E-state index contributed by atoms with van der Waals surface area (Å²) >= 11 is 0. The maximum atomic E-state index is 11.7. The maximum Gasteiger partial charge on any atom is 0.222 e. The van der Waals surface area contributed by atoms with Crippen LogP contribution in [0.2, 0.25) is 0 Å². The number of carbonyl (C=O) groups is 1. The first-order chi connectivity index (χ1) is 6.63. The van der Waals surface area contributed by atoms with E-state index in [-0.39, 0.29) is 12.0 Å². The molecular weight excluding hydrogens is 180 g/mol. The van der Waals surface area contributed by atoms with Gasteiger partial charge in [0.25, 0.3) is 0 Å². The van der Waals surface area contributed by atoms with E-state index in [4.69, 9.17) is 10.7 Å². The van der Waals surface area contributed by atoms with Gasteiger partial charge in [-0.15, -0.1) is 0 Å². The van der Waals surface area contributed by atoms with Gasteiger partial charge >= 0.3 is 0 Å². The molecule has 0 aromatic carbocycles. The minimum Gasteiger partial charge on any atom is -0.342 e. The van der Waals surface area contributed by atoms with Gasteiger partial charge in [0.2, 0.25) is 5.91 Å². The van der Waals surface area contributed by atoms with Gasteiger partial charge in [0.05, 0.1) is 6.10 Å². The van der Waals surface area contributed by atoms with E-state index in [1.807, 2.05) is 4.90 Å². The second kappa shape index (κ2) is 5.32. The predicted octanol–water partition coefficient (Wildman–Crippen LogP) is 0.914. The molecular formula is C10H20N2O2. The first-order valence-corrected chi connectivity index (χ1v) is 5.26. The summed E-state index contributed by atoms with van der Waals surface area (Å²) < 4.78 is 0. The Morgan fingerprint density at radius 3 is 2.50 bits per heavy atom. The smallest absolute Gasteiger partial charge is 0.222 e. The molecule has 4 nitrogen and oxygen atoms in total. The van der Waals surface area contributed by atoms with Crippen molar-refractivity contribution < 1.29 is 9.63 Å². The number of carbonyl (C=O) groups excluding carboxylic acids is 1. The summed E-state index contributed by atoms with van der Waals surface area (Å²) in [6.07, 6.45) is 2.51. The number of nitrogens with two attached hydrogens (primary N) is 1. The van der Waals surface area contributed by atoms with E-state index in [9.17, 15) is 4.79 Å². The molecule has 0 radical (unpaired) electrons. The fourth-order valence-electron chi connectivity index (χ4n) is 1.72. The lowest BCUT2D eigenvalue weighted by Crippen LogP contribution is -2.41. The Kier molecular flexibility index (Phi) is 4.35. The normalized spacial score (nSPS) is 19.0. The summed E-state index contributed by atoms with van der Waals surface area (Å²) in [6, 6.07) is 0. The lowest BCUT2D eigenvalue weighted by molar-refractivity contribution is -0.134. The summed E-state index contributed by atoms with van der Waals surface area (Å²) in [5.41, 5.74) is 0. The molecule has 1 aliphatic heterocycles. The van der Waals surface area contributed by atoms with E-state index in [0.717, 1.165) is 25.9 Å². The minimum atomic E-state index is 0.137. The van der Waals surface area contributed by atoms with Crippen LogP contribution in [0, 0.1) is 5.92 Å². The third-order valence-corrected chi connectivity index (χ3v) is 2.57. The summed E-state index contributed by atoms with van der Waals surface area (Å²) in [6.45, 7) is 5.70. The molecule has 2 N–H and O–H groups in total. The summed E-state index contributed by atoms with van der Waals surface area (Å²) in [5, 5.41) is 0. The van der Waals surface area contributed by atoms with Crippen molar-refractivity contribution in [2.45, 2.75) is 39.2 Å². The average molecular weight is 200 g/mol. The van der Waals surface area contributed by atoms with Crippen LogP contribution in [-0.2, 0) is 9.63 Å². The van der Waals surface area contributed by atoms with Crippen molar-refractivity contribution >= 4 is 5.91 Å². The Hall–Kier alpha value is -0.610. The van der Waals surface area contributed by atoms with Gasteiger partial charge in [0.15, 0.2) is 0 Å². The molecule has 0 aromatic heterocycles. The second-order valence-corrected chi connectivity index (χ2v) is 4.31. The first-order valence-electron chi connectivity index (χ1n) is 5.26. The van der Waals surface area contributed by atoms with E-state index in [0.29, 0.717) is 12.3 Å². The summed E-state index contributed by atoms with van der Waals surface area (Å²) in [4.78, 5) is 18.3. The molecule has 0 bridgehead atoms. The van der Waals surface area contributed by atoms with Crippen molar-refractivity contribution in [3.8, 4) is 0 Å². The highest BCUT2D eigenvalue weighted by molar-refractivity contribution is 5.76. The fraction of sp³-hybridized carbons (Fsp3) is 0.900. The molecule has 0 unspecified atom stereocenters. The zero-order chi connectivity index (χ0) is 10.6. The number of hydrogen-bond acceptors (Lipinski definition) is 3. The van der Waals surface area contributed by atoms with E-state index >= 15 is 0 Å².